The van der Waals surface area contributed by atoms with Gasteiger partial charge in [0.1, 0.15) is 0 Å². The van der Waals surface area contributed by atoms with Gasteiger partial charge in [-0.25, -0.2) is 0 Å². The lowest BCUT2D eigenvalue weighted by Gasteiger charge is -2.23. The number of ether oxygens (including phenoxy) is 1. The van der Waals surface area contributed by atoms with Gasteiger partial charge in [-0.15, -0.1) is 0 Å². The van der Waals surface area contributed by atoms with Crippen LogP contribution < -0.4 is 10.1 Å². The molecule has 20 heavy (non-hydrogen) atoms. The fourth-order valence-electron chi connectivity index (χ4n) is 1.75. The first kappa shape index (κ1) is 16.3. The average Bonchev–Trinajstić information content (AvgIpc) is 2.36. The molecule has 0 aliphatic heterocycles. The summed E-state index contributed by atoms with van der Waals surface area (Å²) in [5, 5.41) is 12.4. The van der Waals surface area contributed by atoms with Crippen molar-refractivity contribution in [2.75, 3.05) is 41.3 Å². The molecule has 0 heterocycles. The van der Waals surface area contributed by atoms with Crippen molar-refractivity contribution in [2.45, 2.75) is 12.8 Å². The Labute approximate surface area is 120 Å². The van der Waals surface area contributed by atoms with Gasteiger partial charge in [0.15, 0.2) is 11.5 Å². The lowest BCUT2D eigenvalue weighted by atomic mass is 10.1. The number of nitrogens with zero attached hydrogens (tertiary/aromatic N) is 1. The molecule has 2 N–H and O–H groups in total. The number of methoxy groups -OCH3 is 1. The summed E-state index contributed by atoms with van der Waals surface area (Å²) in [6.07, 6.45) is 1.07. The highest BCUT2D eigenvalue weighted by Gasteiger charge is 2.09. The molecule has 0 aliphatic carbocycles. The fraction of sp³-hybridized carbons (Fsp3) is 0.533. The van der Waals surface area contributed by atoms with Crippen molar-refractivity contribution in [1.29, 1.82) is 0 Å². The maximum Gasteiger partial charge on any atom is 0.220 e. The first-order valence-electron chi connectivity index (χ1n) is 6.75. The van der Waals surface area contributed by atoms with Crippen LogP contribution in [0.25, 0.3) is 0 Å². The number of nitrogens with one attached hydrogen (secondary N) is 1. The number of aryl methyl sites for hydroxylation is 1. The predicted octanol–water partition coefficient (Wildman–Crippen LogP) is 1.16. The van der Waals surface area contributed by atoms with Crippen molar-refractivity contribution < 1.29 is 19.1 Å². The van der Waals surface area contributed by atoms with Crippen molar-refractivity contribution >= 4 is 5.91 Å². The van der Waals surface area contributed by atoms with Crippen molar-refractivity contribution in [2.24, 2.45) is 0 Å². The third kappa shape index (κ3) is 5.93. The number of hydrogen-bond acceptors (Lipinski definition) is 3. The summed E-state index contributed by atoms with van der Waals surface area (Å²) in [6.45, 7) is 1.58. The van der Waals surface area contributed by atoms with Crippen LogP contribution in [-0.4, -0.2) is 56.8 Å². The first-order chi connectivity index (χ1) is 9.31. The standard InChI is InChI=1S/C15H24N2O3/c1-17(2,3)10-9-16-15(19)8-6-12-5-7-13(18)14(11-12)20-4/h5,7,11H,6,8-10H2,1-4H3,(H-,16,18,19)/p+1. The van der Waals surface area contributed by atoms with Crippen molar-refractivity contribution in [3.05, 3.63) is 23.8 Å². The molecule has 0 fully saturated rings. The zero-order valence-corrected chi connectivity index (χ0v) is 12.8. The molecule has 1 aromatic carbocycles. The Balaban J connectivity index is 2.37. The molecule has 0 unspecified atom stereocenters. The number of carbonyl (C=O) groups excluding carboxylic acids is 1. The second-order valence-electron chi connectivity index (χ2n) is 5.87. The van der Waals surface area contributed by atoms with Gasteiger partial charge in [-0.2, -0.15) is 0 Å². The maximum absolute atomic E-state index is 11.7. The van der Waals surface area contributed by atoms with E-state index in [1.807, 2.05) is 0 Å². The van der Waals surface area contributed by atoms with E-state index in [-0.39, 0.29) is 11.7 Å². The first-order valence-corrected chi connectivity index (χ1v) is 6.75. The van der Waals surface area contributed by atoms with E-state index in [4.69, 9.17) is 4.74 Å². The molecule has 0 atom stereocenters. The van der Waals surface area contributed by atoms with Crippen LogP contribution in [0, 0.1) is 0 Å². The van der Waals surface area contributed by atoms with Crippen LogP contribution in [0.1, 0.15) is 12.0 Å². The number of carbonyl (C=O) groups is 1. The monoisotopic (exact) mass is 281 g/mol. The zero-order valence-electron chi connectivity index (χ0n) is 12.8. The average molecular weight is 281 g/mol. The molecule has 112 valence electrons. The zero-order chi connectivity index (χ0) is 15.2. The van der Waals surface area contributed by atoms with Crippen LogP contribution in [-0.2, 0) is 11.2 Å². The number of quaternary nitrogens is 1. The molecule has 0 aliphatic rings. The molecule has 0 saturated carbocycles. The van der Waals surface area contributed by atoms with Gasteiger partial charge in [-0.05, 0) is 24.1 Å². The van der Waals surface area contributed by atoms with Gasteiger partial charge < -0.3 is 19.6 Å². The Bertz CT molecular complexity index is 453. The van der Waals surface area contributed by atoms with E-state index in [9.17, 15) is 9.90 Å². The number of hydrogen-bond donors (Lipinski definition) is 2. The molecule has 5 nitrogen and oxygen atoms in total. The number of amides is 1. The minimum Gasteiger partial charge on any atom is -0.504 e. The summed E-state index contributed by atoms with van der Waals surface area (Å²) >= 11 is 0. The van der Waals surface area contributed by atoms with Crippen LogP contribution >= 0.6 is 0 Å². The van der Waals surface area contributed by atoms with Gasteiger partial charge >= 0.3 is 0 Å². The van der Waals surface area contributed by atoms with Crippen LogP contribution in [0.5, 0.6) is 11.5 Å². The Morgan fingerprint density at radius 3 is 2.65 bits per heavy atom. The molecule has 0 bridgehead atoms. The Morgan fingerprint density at radius 1 is 1.35 bits per heavy atom. The van der Waals surface area contributed by atoms with Crippen LogP contribution in [0.2, 0.25) is 0 Å². The van der Waals surface area contributed by atoms with Gasteiger partial charge in [0.05, 0.1) is 41.3 Å². The minimum absolute atomic E-state index is 0.0468. The normalized spacial score (nSPS) is 11.2. The van der Waals surface area contributed by atoms with E-state index in [0.29, 0.717) is 25.1 Å². The minimum atomic E-state index is 0.0468. The lowest BCUT2D eigenvalue weighted by Crippen LogP contribution is -2.41. The van der Waals surface area contributed by atoms with E-state index in [1.54, 1.807) is 18.2 Å². The van der Waals surface area contributed by atoms with Gasteiger partial charge in [-0.1, -0.05) is 6.07 Å². The molecule has 1 amide bonds. The molecule has 0 spiro atoms. The number of likely N-dealkylation sites (N-methyl/N-ethyl adjacent to an activating group) is 1. The van der Waals surface area contributed by atoms with Crippen LogP contribution in [0.15, 0.2) is 18.2 Å². The largest absolute Gasteiger partial charge is 0.504 e. The Hall–Kier alpha value is -1.75. The molecule has 1 aromatic rings. The van der Waals surface area contributed by atoms with Crippen molar-refractivity contribution in [3.63, 3.8) is 0 Å². The number of phenols is 1. The second kappa shape index (κ2) is 7.14. The lowest BCUT2D eigenvalue weighted by molar-refractivity contribution is -0.869. The van der Waals surface area contributed by atoms with Gasteiger partial charge in [0.2, 0.25) is 5.91 Å². The molecule has 0 saturated heterocycles. The van der Waals surface area contributed by atoms with Crippen LogP contribution in [0.3, 0.4) is 0 Å². The summed E-state index contributed by atoms with van der Waals surface area (Å²) < 4.78 is 5.87. The Kier molecular flexibility index (Phi) is 5.82. The number of aromatic hydroxyl groups is 1. The summed E-state index contributed by atoms with van der Waals surface area (Å²) in [5.74, 6) is 0.599. The van der Waals surface area contributed by atoms with E-state index in [1.165, 1.54) is 7.11 Å². The van der Waals surface area contributed by atoms with Crippen LogP contribution in [0.4, 0.5) is 0 Å². The van der Waals surface area contributed by atoms with E-state index < -0.39 is 0 Å². The highest BCUT2D eigenvalue weighted by Crippen LogP contribution is 2.26. The highest BCUT2D eigenvalue weighted by atomic mass is 16.5. The molecular formula is C15H25N2O3+. The smallest absolute Gasteiger partial charge is 0.220 e. The maximum atomic E-state index is 11.7. The second-order valence-corrected chi connectivity index (χ2v) is 5.87. The summed E-state index contributed by atoms with van der Waals surface area (Å²) in [7, 11) is 7.79. The van der Waals surface area contributed by atoms with Gasteiger partial charge in [0.25, 0.3) is 0 Å². The van der Waals surface area contributed by atoms with Crippen molar-refractivity contribution in [1.82, 2.24) is 5.32 Å². The molecule has 0 radical (unpaired) electrons. The third-order valence-corrected chi connectivity index (χ3v) is 2.99. The summed E-state index contributed by atoms with van der Waals surface area (Å²) in [6, 6.07) is 5.15. The topological polar surface area (TPSA) is 58.6 Å². The van der Waals surface area contributed by atoms with Crippen molar-refractivity contribution in [3.8, 4) is 11.5 Å². The van der Waals surface area contributed by atoms with Gasteiger partial charge in [-0.3, -0.25) is 4.79 Å². The molecular weight excluding hydrogens is 256 g/mol. The summed E-state index contributed by atoms with van der Waals surface area (Å²) in [5.41, 5.74) is 0.974. The predicted molar refractivity (Wildman–Crippen MR) is 78.9 cm³/mol. The highest BCUT2D eigenvalue weighted by molar-refractivity contribution is 5.76. The third-order valence-electron chi connectivity index (χ3n) is 2.99. The Morgan fingerprint density at radius 2 is 2.05 bits per heavy atom. The molecule has 5 heteroatoms. The number of phenolic OH excluding ortho intramolecular Hbond substituents is 1. The summed E-state index contributed by atoms with van der Waals surface area (Å²) in [4.78, 5) is 11.7. The number of rotatable bonds is 7. The quantitative estimate of drug-likeness (QED) is 0.737. The van der Waals surface area contributed by atoms with E-state index >= 15 is 0 Å². The fourth-order valence-corrected chi connectivity index (χ4v) is 1.75. The molecule has 0 aromatic heterocycles. The van der Waals surface area contributed by atoms with Gasteiger partial charge in [0, 0.05) is 6.42 Å². The van der Waals surface area contributed by atoms with E-state index in [2.05, 4.69) is 26.5 Å². The SMILES string of the molecule is COc1cc(CCC(=O)NCC[N+](C)(C)C)ccc1O. The number of benzene rings is 1. The van der Waals surface area contributed by atoms with E-state index in [0.717, 1.165) is 16.6 Å². The molecule has 1 rings (SSSR count).